The molecule has 1 saturated heterocycles. The van der Waals surface area contributed by atoms with Gasteiger partial charge in [-0.05, 0) is 44.1 Å². The molecular weight excluding hydrogens is 186 g/mol. The lowest BCUT2D eigenvalue weighted by Gasteiger charge is -2.13. The zero-order chi connectivity index (χ0) is 10.5. The molecule has 0 saturated carbocycles. The normalized spacial score (nSPS) is 22.3. The molecule has 0 amide bonds. The van der Waals surface area contributed by atoms with Crippen molar-refractivity contribution >= 4 is 0 Å². The molecule has 0 aliphatic carbocycles. The Balaban J connectivity index is 1.63. The Bertz CT molecular complexity index is 268. The van der Waals surface area contributed by atoms with Crippen molar-refractivity contribution in [1.82, 2.24) is 15.2 Å². The molecule has 1 unspecified atom stereocenters. The van der Waals surface area contributed by atoms with Crippen LogP contribution >= 0.6 is 0 Å². The van der Waals surface area contributed by atoms with Crippen molar-refractivity contribution in [3.8, 4) is 0 Å². The van der Waals surface area contributed by atoms with Crippen LogP contribution in [0.25, 0.3) is 0 Å². The van der Waals surface area contributed by atoms with E-state index in [1.807, 2.05) is 12.3 Å². The standard InChI is InChI=1S/C12H21N3/c1-2-15-7-5-11(10-15)8-13-9-12-4-3-6-14-12/h3-4,6,11,13-14H,2,5,7-10H2,1H3. The minimum Gasteiger partial charge on any atom is -0.364 e. The monoisotopic (exact) mass is 207 g/mol. The number of likely N-dealkylation sites (tertiary alicyclic amines) is 1. The van der Waals surface area contributed by atoms with E-state index in [0.717, 1.165) is 19.0 Å². The van der Waals surface area contributed by atoms with E-state index in [0.29, 0.717) is 0 Å². The molecule has 3 heteroatoms. The van der Waals surface area contributed by atoms with E-state index in [2.05, 4.69) is 28.2 Å². The van der Waals surface area contributed by atoms with Gasteiger partial charge in [-0.25, -0.2) is 0 Å². The second-order valence-corrected chi connectivity index (χ2v) is 4.37. The van der Waals surface area contributed by atoms with Gasteiger partial charge in [0.2, 0.25) is 0 Å². The molecule has 1 aliphatic heterocycles. The highest BCUT2D eigenvalue weighted by Crippen LogP contribution is 2.14. The van der Waals surface area contributed by atoms with E-state index in [4.69, 9.17) is 0 Å². The third kappa shape index (κ3) is 3.08. The third-order valence-corrected chi connectivity index (χ3v) is 3.23. The maximum absolute atomic E-state index is 3.52. The zero-order valence-electron chi connectivity index (χ0n) is 9.50. The molecule has 0 radical (unpaired) electrons. The Hall–Kier alpha value is -0.800. The topological polar surface area (TPSA) is 31.1 Å². The van der Waals surface area contributed by atoms with Gasteiger partial charge in [0.15, 0.2) is 0 Å². The fraction of sp³-hybridized carbons (Fsp3) is 0.667. The van der Waals surface area contributed by atoms with Crippen LogP contribution in [-0.2, 0) is 6.54 Å². The summed E-state index contributed by atoms with van der Waals surface area (Å²) in [5.74, 6) is 0.847. The van der Waals surface area contributed by atoms with Crippen LogP contribution in [0.5, 0.6) is 0 Å². The molecule has 1 fully saturated rings. The van der Waals surface area contributed by atoms with Gasteiger partial charge in [0.25, 0.3) is 0 Å². The summed E-state index contributed by atoms with van der Waals surface area (Å²) >= 11 is 0. The lowest BCUT2D eigenvalue weighted by Crippen LogP contribution is -2.26. The van der Waals surface area contributed by atoms with Gasteiger partial charge in [0, 0.05) is 25.0 Å². The average molecular weight is 207 g/mol. The van der Waals surface area contributed by atoms with Crippen molar-refractivity contribution < 1.29 is 0 Å². The van der Waals surface area contributed by atoms with Gasteiger partial charge in [0.05, 0.1) is 0 Å². The summed E-state index contributed by atoms with van der Waals surface area (Å²) in [6.07, 6.45) is 3.33. The van der Waals surface area contributed by atoms with Crippen LogP contribution in [0.15, 0.2) is 18.3 Å². The van der Waals surface area contributed by atoms with Gasteiger partial charge in [-0.1, -0.05) is 6.92 Å². The SMILES string of the molecule is CCN1CCC(CNCc2ccc[nH]2)C1. The summed E-state index contributed by atoms with van der Waals surface area (Å²) in [5, 5.41) is 3.52. The molecule has 15 heavy (non-hydrogen) atoms. The molecule has 1 aliphatic rings. The van der Waals surface area contributed by atoms with Crippen molar-refractivity contribution in [3.05, 3.63) is 24.0 Å². The Kier molecular flexibility index (Phi) is 3.80. The van der Waals surface area contributed by atoms with E-state index in [9.17, 15) is 0 Å². The summed E-state index contributed by atoms with van der Waals surface area (Å²) in [5.41, 5.74) is 1.28. The van der Waals surface area contributed by atoms with E-state index >= 15 is 0 Å². The second-order valence-electron chi connectivity index (χ2n) is 4.37. The fourth-order valence-corrected chi connectivity index (χ4v) is 2.26. The Labute approximate surface area is 91.9 Å². The van der Waals surface area contributed by atoms with Crippen LogP contribution in [0.4, 0.5) is 0 Å². The fourth-order valence-electron chi connectivity index (χ4n) is 2.26. The van der Waals surface area contributed by atoms with Crippen molar-refractivity contribution in [2.24, 2.45) is 5.92 Å². The summed E-state index contributed by atoms with van der Waals surface area (Å²) in [6, 6.07) is 4.17. The number of hydrogen-bond donors (Lipinski definition) is 2. The Morgan fingerprint density at radius 1 is 1.60 bits per heavy atom. The molecule has 2 N–H and O–H groups in total. The largest absolute Gasteiger partial charge is 0.364 e. The summed E-state index contributed by atoms with van der Waals surface area (Å²) in [7, 11) is 0. The molecule has 1 atom stereocenters. The minimum absolute atomic E-state index is 0.847. The first-order valence-electron chi connectivity index (χ1n) is 5.94. The molecule has 0 bridgehead atoms. The van der Waals surface area contributed by atoms with Gasteiger partial charge < -0.3 is 15.2 Å². The minimum atomic E-state index is 0.847. The molecule has 84 valence electrons. The third-order valence-electron chi connectivity index (χ3n) is 3.23. The summed E-state index contributed by atoms with van der Waals surface area (Å²) < 4.78 is 0. The highest BCUT2D eigenvalue weighted by Gasteiger charge is 2.20. The van der Waals surface area contributed by atoms with Gasteiger partial charge in [-0.15, -0.1) is 0 Å². The predicted octanol–water partition coefficient (Wildman–Crippen LogP) is 1.45. The summed E-state index contributed by atoms with van der Waals surface area (Å²) in [4.78, 5) is 5.74. The van der Waals surface area contributed by atoms with Gasteiger partial charge in [0.1, 0.15) is 0 Å². The van der Waals surface area contributed by atoms with Crippen LogP contribution in [0.2, 0.25) is 0 Å². The van der Waals surface area contributed by atoms with Gasteiger partial charge in [-0.2, -0.15) is 0 Å². The number of aromatic amines is 1. The van der Waals surface area contributed by atoms with Crippen molar-refractivity contribution in [2.75, 3.05) is 26.2 Å². The first kappa shape index (κ1) is 10.7. The van der Waals surface area contributed by atoms with Crippen LogP contribution in [0, 0.1) is 5.92 Å². The van der Waals surface area contributed by atoms with Crippen LogP contribution in [-0.4, -0.2) is 36.1 Å². The van der Waals surface area contributed by atoms with E-state index in [1.54, 1.807) is 0 Å². The molecule has 0 spiro atoms. The number of nitrogens with one attached hydrogen (secondary N) is 2. The number of rotatable bonds is 5. The summed E-state index contributed by atoms with van der Waals surface area (Å²) in [6.45, 7) is 8.12. The first-order valence-corrected chi connectivity index (χ1v) is 5.94. The van der Waals surface area contributed by atoms with E-state index in [1.165, 1.54) is 31.7 Å². The number of nitrogens with zero attached hydrogens (tertiary/aromatic N) is 1. The highest BCUT2D eigenvalue weighted by atomic mass is 15.1. The smallest absolute Gasteiger partial charge is 0.0357 e. The molecular formula is C12H21N3. The van der Waals surface area contributed by atoms with Crippen molar-refractivity contribution in [2.45, 2.75) is 19.9 Å². The van der Waals surface area contributed by atoms with Gasteiger partial charge in [-0.3, -0.25) is 0 Å². The van der Waals surface area contributed by atoms with Crippen LogP contribution in [0.1, 0.15) is 19.0 Å². The van der Waals surface area contributed by atoms with Crippen LogP contribution < -0.4 is 5.32 Å². The Morgan fingerprint density at radius 2 is 2.53 bits per heavy atom. The van der Waals surface area contributed by atoms with Gasteiger partial charge >= 0.3 is 0 Å². The maximum Gasteiger partial charge on any atom is 0.0357 e. The second kappa shape index (κ2) is 5.33. The number of H-pyrrole nitrogens is 1. The highest BCUT2D eigenvalue weighted by molar-refractivity contribution is 5.02. The first-order chi connectivity index (χ1) is 7.38. The quantitative estimate of drug-likeness (QED) is 0.765. The van der Waals surface area contributed by atoms with E-state index in [-0.39, 0.29) is 0 Å². The lowest BCUT2D eigenvalue weighted by molar-refractivity contribution is 0.338. The molecule has 1 aromatic heterocycles. The molecule has 2 rings (SSSR count). The number of aromatic nitrogens is 1. The molecule has 0 aromatic carbocycles. The van der Waals surface area contributed by atoms with Crippen molar-refractivity contribution in [3.63, 3.8) is 0 Å². The Morgan fingerprint density at radius 3 is 3.20 bits per heavy atom. The maximum atomic E-state index is 3.52. The number of hydrogen-bond acceptors (Lipinski definition) is 2. The van der Waals surface area contributed by atoms with E-state index < -0.39 is 0 Å². The molecule has 1 aromatic rings. The average Bonchev–Trinajstić information content (AvgIpc) is 2.88. The lowest BCUT2D eigenvalue weighted by atomic mass is 10.1. The molecule has 3 nitrogen and oxygen atoms in total. The molecule has 2 heterocycles. The van der Waals surface area contributed by atoms with Crippen molar-refractivity contribution in [1.29, 1.82) is 0 Å². The zero-order valence-corrected chi connectivity index (χ0v) is 9.50. The van der Waals surface area contributed by atoms with Crippen LogP contribution in [0.3, 0.4) is 0 Å². The predicted molar refractivity (Wildman–Crippen MR) is 62.7 cm³/mol.